The third-order valence-electron chi connectivity index (χ3n) is 3.41. The number of aromatic nitrogens is 1. The van der Waals surface area contributed by atoms with Gasteiger partial charge in [-0.05, 0) is 35.0 Å². The molecule has 2 atom stereocenters. The minimum atomic E-state index is -0.392. The zero-order chi connectivity index (χ0) is 13.8. The smallest absolute Gasteiger partial charge is 0.311 e. The summed E-state index contributed by atoms with van der Waals surface area (Å²) >= 11 is 5.18. The summed E-state index contributed by atoms with van der Waals surface area (Å²) in [6.07, 6.45) is 9.61. The maximum Gasteiger partial charge on any atom is 0.311 e. The average Bonchev–Trinajstić information content (AvgIpc) is 2.41. The monoisotopic (exact) mass is 345 g/mol. The summed E-state index contributed by atoms with van der Waals surface area (Å²) in [6.45, 7) is 0. The second-order valence-corrected chi connectivity index (χ2v) is 6.51. The molecular formula is C12H16BrN3O2S. The highest BCUT2D eigenvalue weighted by atomic mass is 79.9. The summed E-state index contributed by atoms with van der Waals surface area (Å²) in [5.41, 5.74) is 0.575. The molecule has 1 aliphatic rings. The first kappa shape index (κ1) is 14.6. The number of nitrogens with zero attached hydrogens (tertiary/aromatic N) is 2. The quantitative estimate of drug-likeness (QED) is 0.663. The van der Waals surface area contributed by atoms with Gasteiger partial charge in [-0.2, -0.15) is 11.8 Å². The van der Waals surface area contributed by atoms with E-state index in [4.69, 9.17) is 0 Å². The molecule has 5 nitrogen and oxygen atoms in total. The van der Waals surface area contributed by atoms with Crippen LogP contribution < -0.4 is 5.32 Å². The van der Waals surface area contributed by atoms with Crippen LogP contribution in [0.4, 0.5) is 11.4 Å². The van der Waals surface area contributed by atoms with Crippen LogP contribution in [0.15, 0.2) is 16.9 Å². The minimum absolute atomic E-state index is 0.0276. The molecular weight excluding hydrogens is 330 g/mol. The van der Waals surface area contributed by atoms with Crippen molar-refractivity contribution in [3.05, 3.63) is 27.0 Å². The first-order valence-corrected chi connectivity index (χ1v) is 8.28. The Morgan fingerprint density at radius 3 is 2.89 bits per heavy atom. The summed E-state index contributed by atoms with van der Waals surface area (Å²) in [7, 11) is 0. The van der Waals surface area contributed by atoms with Crippen LogP contribution in [0.5, 0.6) is 0 Å². The van der Waals surface area contributed by atoms with Crippen LogP contribution in [0.3, 0.4) is 0 Å². The molecule has 1 aromatic rings. The van der Waals surface area contributed by atoms with Crippen LogP contribution >= 0.6 is 27.7 Å². The molecule has 2 unspecified atom stereocenters. The number of nitrogens with one attached hydrogen (secondary N) is 1. The predicted octanol–water partition coefficient (Wildman–Crippen LogP) is 3.84. The number of anilines is 1. The molecule has 1 N–H and O–H groups in total. The van der Waals surface area contributed by atoms with E-state index in [2.05, 4.69) is 32.5 Å². The lowest BCUT2D eigenvalue weighted by atomic mass is 9.94. The van der Waals surface area contributed by atoms with E-state index < -0.39 is 4.92 Å². The fourth-order valence-corrected chi connectivity index (χ4v) is 3.81. The van der Waals surface area contributed by atoms with Crippen molar-refractivity contribution in [2.45, 2.75) is 37.0 Å². The van der Waals surface area contributed by atoms with Crippen molar-refractivity contribution in [2.24, 2.45) is 0 Å². The topological polar surface area (TPSA) is 68.1 Å². The highest BCUT2D eigenvalue weighted by Crippen LogP contribution is 2.35. The molecule has 0 amide bonds. The molecule has 0 aliphatic heterocycles. The van der Waals surface area contributed by atoms with Gasteiger partial charge in [0.05, 0.1) is 9.40 Å². The number of nitro groups is 1. The van der Waals surface area contributed by atoms with E-state index in [1.165, 1.54) is 19.0 Å². The van der Waals surface area contributed by atoms with E-state index >= 15 is 0 Å². The standard InChI is InChI=1S/C12H16BrN3O2S/c1-19-11-5-3-2-4-9(11)15-12-8(13)6-14-7-10(12)16(17)18/h6-7,9,11H,2-5H2,1H3,(H,14,15). The first-order chi connectivity index (χ1) is 9.13. The van der Waals surface area contributed by atoms with Gasteiger partial charge in [-0.1, -0.05) is 12.8 Å². The van der Waals surface area contributed by atoms with E-state index in [-0.39, 0.29) is 11.7 Å². The molecule has 7 heteroatoms. The van der Waals surface area contributed by atoms with Gasteiger partial charge in [-0.25, -0.2) is 0 Å². The van der Waals surface area contributed by atoms with Crippen LogP contribution in [-0.2, 0) is 0 Å². The highest BCUT2D eigenvalue weighted by molar-refractivity contribution is 9.10. The molecule has 1 fully saturated rings. The number of hydrogen-bond acceptors (Lipinski definition) is 5. The molecule has 0 aromatic carbocycles. The SMILES string of the molecule is CSC1CCCCC1Nc1c(Br)cncc1[N+](=O)[O-]. The molecule has 1 heterocycles. The fraction of sp³-hybridized carbons (Fsp3) is 0.583. The van der Waals surface area contributed by atoms with E-state index in [0.717, 1.165) is 12.8 Å². The molecule has 104 valence electrons. The van der Waals surface area contributed by atoms with Gasteiger partial charge in [0.2, 0.25) is 0 Å². The van der Waals surface area contributed by atoms with Gasteiger partial charge in [0.25, 0.3) is 0 Å². The first-order valence-electron chi connectivity index (χ1n) is 6.20. The van der Waals surface area contributed by atoms with Gasteiger partial charge in [0, 0.05) is 17.5 Å². The summed E-state index contributed by atoms with van der Waals surface area (Å²) in [5.74, 6) is 0. The van der Waals surface area contributed by atoms with Crippen LogP contribution in [0.1, 0.15) is 25.7 Å². The third kappa shape index (κ3) is 3.39. The zero-order valence-electron chi connectivity index (χ0n) is 10.6. The zero-order valence-corrected chi connectivity index (χ0v) is 13.0. The number of thioether (sulfide) groups is 1. The van der Waals surface area contributed by atoms with Crippen molar-refractivity contribution < 1.29 is 4.92 Å². The van der Waals surface area contributed by atoms with Gasteiger partial charge in [0.15, 0.2) is 0 Å². The number of halogens is 1. The Kier molecular flexibility index (Phi) is 5.04. The number of pyridine rings is 1. The molecule has 2 rings (SSSR count). The van der Waals surface area contributed by atoms with Crippen LogP contribution in [-0.4, -0.2) is 27.5 Å². The molecule has 0 saturated heterocycles. The largest absolute Gasteiger partial charge is 0.375 e. The van der Waals surface area contributed by atoms with E-state index in [1.807, 2.05) is 11.8 Å². The van der Waals surface area contributed by atoms with Crippen LogP contribution in [0.25, 0.3) is 0 Å². The lowest BCUT2D eigenvalue weighted by molar-refractivity contribution is -0.384. The summed E-state index contributed by atoms with van der Waals surface area (Å²) in [4.78, 5) is 14.5. The van der Waals surface area contributed by atoms with Crippen molar-refractivity contribution in [2.75, 3.05) is 11.6 Å². The van der Waals surface area contributed by atoms with E-state index in [9.17, 15) is 10.1 Å². The Balaban J connectivity index is 2.24. The van der Waals surface area contributed by atoms with Gasteiger partial charge in [-0.15, -0.1) is 0 Å². The van der Waals surface area contributed by atoms with Gasteiger partial charge < -0.3 is 5.32 Å². The van der Waals surface area contributed by atoms with E-state index in [1.54, 1.807) is 6.20 Å². The maximum absolute atomic E-state index is 11.1. The Morgan fingerprint density at radius 2 is 2.21 bits per heavy atom. The second kappa shape index (κ2) is 6.56. The van der Waals surface area contributed by atoms with Gasteiger partial charge in [-0.3, -0.25) is 15.1 Å². The summed E-state index contributed by atoms with van der Waals surface area (Å²) < 4.78 is 0.645. The lowest BCUT2D eigenvalue weighted by Crippen LogP contribution is -2.34. The van der Waals surface area contributed by atoms with Crippen molar-refractivity contribution in [3.8, 4) is 0 Å². The van der Waals surface area contributed by atoms with E-state index in [0.29, 0.717) is 15.4 Å². The molecule has 1 aliphatic carbocycles. The molecule has 1 saturated carbocycles. The van der Waals surface area contributed by atoms with Crippen molar-refractivity contribution >= 4 is 39.1 Å². The Bertz CT molecular complexity index is 472. The van der Waals surface area contributed by atoms with Crippen LogP contribution in [0, 0.1) is 10.1 Å². The summed E-state index contributed by atoms with van der Waals surface area (Å²) in [6, 6.07) is 0.279. The third-order valence-corrected chi connectivity index (χ3v) is 5.18. The molecule has 19 heavy (non-hydrogen) atoms. The fourth-order valence-electron chi connectivity index (χ4n) is 2.44. The Labute approximate surface area is 124 Å². The van der Waals surface area contributed by atoms with Crippen molar-refractivity contribution in [1.82, 2.24) is 4.98 Å². The molecule has 1 aromatic heterocycles. The van der Waals surface area contributed by atoms with Crippen molar-refractivity contribution in [3.63, 3.8) is 0 Å². The maximum atomic E-state index is 11.1. The molecule has 0 bridgehead atoms. The minimum Gasteiger partial charge on any atom is -0.375 e. The lowest BCUT2D eigenvalue weighted by Gasteiger charge is -2.31. The average molecular weight is 346 g/mol. The number of rotatable bonds is 4. The second-order valence-electron chi connectivity index (χ2n) is 4.58. The van der Waals surface area contributed by atoms with Crippen LogP contribution in [0.2, 0.25) is 0 Å². The number of hydrogen-bond donors (Lipinski definition) is 1. The molecule has 0 radical (unpaired) electrons. The predicted molar refractivity (Wildman–Crippen MR) is 81.8 cm³/mol. The molecule has 0 spiro atoms. The van der Waals surface area contributed by atoms with Gasteiger partial charge in [0.1, 0.15) is 11.9 Å². The highest BCUT2D eigenvalue weighted by Gasteiger charge is 2.27. The Hall–Kier alpha value is -0.820. The van der Waals surface area contributed by atoms with Crippen molar-refractivity contribution in [1.29, 1.82) is 0 Å². The normalized spacial score (nSPS) is 23.1. The Morgan fingerprint density at radius 1 is 1.47 bits per heavy atom. The summed E-state index contributed by atoms with van der Waals surface area (Å²) in [5, 5.41) is 14.9. The van der Waals surface area contributed by atoms with Gasteiger partial charge >= 0.3 is 5.69 Å².